The maximum Gasteiger partial charge on any atom is 0.192 e. The van der Waals surface area contributed by atoms with Crippen molar-refractivity contribution in [2.45, 2.75) is 115 Å². The van der Waals surface area contributed by atoms with Gasteiger partial charge >= 0.3 is 0 Å². The number of epoxide rings is 1. The summed E-state index contributed by atoms with van der Waals surface area (Å²) in [5.41, 5.74) is 0. The third-order valence-electron chi connectivity index (χ3n) is 6.59. The molecule has 0 aromatic rings. The summed E-state index contributed by atoms with van der Waals surface area (Å²) in [6.45, 7) is 22.4. The zero-order valence-corrected chi connectivity index (χ0v) is 19.3. The van der Waals surface area contributed by atoms with E-state index in [2.05, 4.69) is 67.7 Å². The minimum atomic E-state index is -1.92. The van der Waals surface area contributed by atoms with Gasteiger partial charge in [0.25, 0.3) is 0 Å². The fourth-order valence-electron chi connectivity index (χ4n) is 2.76. The molecule has 1 saturated carbocycles. The first kappa shape index (κ1) is 20.6. The molecule has 2 aliphatic rings. The van der Waals surface area contributed by atoms with Gasteiger partial charge in [-0.1, -0.05) is 41.5 Å². The summed E-state index contributed by atoms with van der Waals surface area (Å²) in [6.07, 6.45) is 0.0142. The lowest BCUT2D eigenvalue weighted by Gasteiger charge is -2.43. The summed E-state index contributed by atoms with van der Waals surface area (Å²) in [7, 11) is -3.78. The molecule has 1 aliphatic heterocycles. The second-order valence-electron chi connectivity index (χ2n) is 10.6. The molecule has 0 spiro atoms. The molecule has 2 fully saturated rings. The molecule has 0 radical (unpaired) electrons. The standard InChI is InChI=1S/C18H38O4Si2/c1-17(2,3)23(7,8)21-13-11-12(19)14(16-15(13)20-16)22-24(9,10)18(4,5)6/h12-16,19H,11H2,1-10H3/t12?,13-,14+,15?,16?/m1/s1. The first-order valence-electron chi connectivity index (χ1n) is 9.26. The summed E-state index contributed by atoms with van der Waals surface area (Å²) in [5, 5.41) is 11.0. The van der Waals surface area contributed by atoms with Crippen LogP contribution < -0.4 is 0 Å². The topological polar surface area (TPSA) is 51.2 Å². The van der Waals surface area contributed by atoms with Gasteiger partial charge in [0.2, 0.25) is 0 Å². The fraction of sp³-hybridized carbons (Fsp3) is 1.00. The summed E-state index contributed by atoms with van der Waals surface area (Å²) in [6, 6.07) is 0. The largest absolute Gasteiger partial charge is 0.411 e. The van der Waals surface area contributed by atoms with Crippen molar-refractivity contribution in [3.05, 3.63) is 0 Å². The van der Waals surface area contributed by atoms with Crippen molar-refractivity contribution in [2.24, 2.45) is 0 Å². The zero-order valence-electron chi connectivity index (χ0n) is 17.3. The monoisotopic (exact) mass is 374 g/mol. The Bertz CT molecular complexity index is 463. The quantitative estimate of drug-likeness (QED) is 0.589. The Kier molecular flexibility index (Phi) is 5.29. The number of aliphatic hydroxyl groups excluding tert-OH is 1. The molecule has 1 heterocycles. The third-order valence-corrected chi connectivity index (χ3v) is 15.6. The van der Waals surface area contributed by atoms with E-state index in [1.54, 1.807) is 0 Å². The van der Waals surface area contributed by atoms with E-state index in [0.717, 1.165) is 0 Å². The van der Waals surface area contributed by atoms with Crippen molar-refractivity contribution in [1.82, 2.24) is 0 Å². The molecule has 2 rings (SSSR count). The first-order chi connectivity index (χ1) is 10.6. The van der Waals surface area contributed by atoms with Gasteiger partial charge in [-0.2, -0.15) is 0 Å². The van der Waals surface area contributed by atoms with Crippen molar-refractivity contribution in [3.8, 4) is 0 Å². The Balaban J connectivity index is 2.04. The van der Waals surface area contributed by atoms with Crippen LogP contribution >= 0.6 is 0 Å². The number of rotatable bonds is 4. The van der Waals surface area contributed by atoms with E-state index in [9.17, 15) is 5.11 Å². The highest BCUT2D eigenvalue weighted by Crippen LogP contribution is 2.47. The summed E-state index contributed by atoms with van der Waals surface area (Å²) in [4.78, 5) is 0. The highest BCUT2D eigenvalue weighted by Gasteiger charge is 2.60. The van der Waals surface area contributed by atoms with Gasteiger partial charge in [-0.3, -0.25) is 0 Å². The predicted octanol–water partition coefficient (Wildman–Crippen LogP) is 4.30. The summed E-state index contributed by atoms with van der Waals surface area (Å²) >= 11 is 0. The number of hydrogen-bond donors (Lipinski definition) is 1. The molecule has 0 bridgehead atoms. The molecule has 1 aliphatic carbocycles. The zero-order chi connectivity index (χ0) is 18.7. The Morgan fingerprint density at radius 1 is 0.833 bits per heavy atom. The summed E-state index contributed by atoms with van der Waals surface area (Å²) in [5.74, 6) is 0. The highest BCUT2D eigenvalue weighted by atomic mass is 28.4. The van der Waals surface area contributed by atoms with Crippen molar-refractivity contribution in [2.75, 3.05) is 0 Å². The average molecular weight is 375 g/mol. The molecule has 3 unspecified atom stereocenters. The van der Waals surface area contributed by atoms with Gasteiger partial charge in [-0.05, 0) is 36.3 Å². The Morgan fingerprint density at radius 2 is 1.29 bits per heavy atom. The van der Waals surface area contributed by atoms with Crippen LogP contribution in [0.15, 0.2) is 0 Å². The number of aliphatic hydroxyl groups is 1. The maximum atomic E-state index is 10.7. The number of fused-ring (bicyclic) bond motifs is 1. The molecule has 0 aromatic heterocycles. The minimum absolute atomic E-state index is 0.00218. The van der Waals surface area contributed by atoms with Crippen LogP contribution in [0.1, 0.15) is 48.0 Å². The molecule has 142 valence electrons. The van der Waals surface area contributed by atoms with Gasteiger partial charge in [0.1, 0.15) is 12.2 Å². The van der Waals surface area contributed by atoms with Crippen LogP contribution in [0.3, 0.4) is 0 Å². The van der Waals surface area contributed by atoms with E-state index in [1.165, 1.54) is 0 Å². The lowest BCUT2D eigenvalue weighted by Crippen LogP contribution is -2.54. The highest BCUT2D eigenvalue weighted by molar-refractivity contribution is 6.74. The van der Waals surface area contributed by atoms with Crippen LogP contribution in [-0.4, -0.2) is 52.3 Å². The third kappa shape index (κ3) is 3.99. The van der Waals surface area contributed by atoms with Crippen LogP contribution in [0, 0.1) is 0 Å². The Labute approximate surface area is 150 Å². The van der Waals surface area contributed by atoms with Crippen molar-refractivity contribution in [1.29, 1.82) is 0 Å². The summed E-state index contributed by atoms with van der Waals surface area (Å²) < 4.78 is 18.9. The minimum Gasteiger partial charge on any atom is -0.411 e. The lowest BCUT2D eigenvalue weighted by atomic mass is 9.93. The smallest absolute Gasteiger partial charge is 0.192 e. The Hall–Kier alpha value is 0.274. The van der Waals surface area contributed by atoms with Crippen LogP contribution in [0.5, 0.6) is 0 Å². The second-order valence-corrected chi connectivity index (χ2v) is 20.1. The van der Waals surface area contributed by atoms with Gasteiger partial charge in [0.05, 0.1) is 18.3 Å². The van der Waals surface area contributed by atoms with E-state index in [4.69, 9.17) is 13.6 Å². The fourth-order valence-corrected chi connectivity index (χ4v) is 5.42. The van der Waals surface area contributed by atoms with Gasteiger partial charge < -0.3 is 18.7 Å². The number of ether oxygens (including phenoxy) is 1. The van der Waals surface area contributed by atoms with E-state index in [0.29, 0.717) is 6.42 Å². The van der Waals surface area contributed by atoms with Crippen molar-refractivity contribution in [3.63, 3.8) is 0 Å². The van der Waals surface area contributed by atoms with E-state index < -0.39 is 22.7 Å². The molecule has 1 N–H and O–H groups in total. The molecule has 1 saturated heterocycles. The molecule has 0 amide bonds. The van der Waals surface area contributed by atoms with Crippen molar-refractivity contribution < 1.29 is 18.7 Å². The second kappa shape index (κ2) is 6.17. The predicted molar refractivity (Wildman–Crippen MR) is 103 cm³/mol. The van der Waals surface area contributed by atoms with Crippen LogP contribution in [0.25, 0.3) is 0 Å². The molecular weight excluding hydrogens is 336 g/mol. The average Bonchev–Trinajstić information content (AvgIpc) is 3.11. The first-order valence-corrected chi connectivity index (χ1v) is 15.1. The maximum absolute atomic E-state index is 10.7. The van der Waals surface area contributed by atoms with Gasteiger partial charge in [0.15, 0.2) is 16.6 Å². The number of hydrogen-bond acceptors (Lipinski definition) is 4. The van der Waals surface area contributed by atoms with Crippen molar-refractivity contribution >= 4 is 16.6 Å². The molecule has 4 nitrogen and oxygen atoms in total. The van der Waals surface area contributed by atoms with Crippen LogP contribution in [-0.2, 0) is 13.6 Å². The lowest BCUT2D eigenvalue weighted by molar-refractivity contribution is -0.0243. The molecule has 0 aromatic carbocycles. The van der Waals surface area contributed by atoms with Gasteiger partial charge in [-0.15, -0.1) is 0 Å². The molecule has 5 atom stereocenters. The van der Waals surface area contributed by atoms with Crippen LogP contribution in [0.2, 0.25) is 36.3 Å². The van der Waals surface area contributed by atoms with Crippen LogP contribution in [0.4, 0.5) is 0 Å². The van der Waals surface area contributed by atoms with E-state index >= 15 is 0 Å². The van der Waals surface area contributed by atoms with E-state index in [-0.39, 0.29) is 34.5 Å². The van der Waals surface area contributed by atoms with Gasteiger partial charge in [-0.25, -0.2) is 0 Å². The van der Waals surface area contributed by atoms with Gasteiger partial charge in [0, 0.05) is 6.42 Å². The van der Waals surface area contributed by atoms with E-state index in [1.807, 2.05) is 0 Å². The molecule has 6 heteroatoms. The normalized spacial score (nSPS) is 34.9. The molecule has 24 heavy (non-hydrogen) atoms. The Morgan fingerprint density at radius 3 is 1.75 bits per heavy atom. The molecular formula is C18H38O4Si2. The SMILES string of the molecule is CC(C)(C)[Si](C)(C)O[C@H]1C(O)C[C@@H](O[Si](C)(C)C(C)(C)C)C2OC21.